The Hall–Kier alpha value is -1.55. The van der Waals surface area contributed by atoms with Gasteiger partial charge in [-0.3, -0.25) is 4.79 Å². The molecule has 0 aliphatic carbocycles. The van der Waals surface area contributed by atoms with Crippen LogP contribution in [0.15, 0.2) is 18.2 Å². The Labute approximate surface area is 121 Å². The molecule has 1 N–H and O–H groups in total. The first-order valence-corrected chi connectivity index (χ1v) is 6.83. The van der Waals surface area contributed by atoms with E-state index >= 15 is 0 Å². The zero-order valence-electron chi connectivity index (χ0n) is 13.2. The highest BCUT2D eigenvalue weighted by Gasteiger charge is 2.34. The fraction of sp³-hybridized carbons (Fsp3) is 0.562. The highest BCUT2D eigenvalue weighted by molar-refractivity contribution is 5.80. The molecule has 112 valence electrons. The van der Waals surface area contributed by atoms with Crippen molar-refractivity contribution < 1.29 is 14.3 Å². The minimum Gasteiger partial charge on any atom is -0.490 e. The van der Waals surface area contributed by atoms with Crippen molar-refractivity contribution in [3.8, 4) is 5.75 Å². The van der Waals surface area contributed by atoms with Gasteiger partial charge in [-0.2, -0.15) is 0 Å². The van der Waals surface area contributed by atoms with Crippen molar-refractivity contribution in [2.75, 3.05) is 14.2 Å². The first kappa shape index (κ1) is 16.5. The summed E-state index contributed by atoms with van der Waals surface area (Å²) in [5.41, 5.74) is 1.56. The molecule has 0 aliphatic rings. The Balaban J connectivity index is 2.76. The molecule has 2 unspecified atom stereocenters. The molecule has 0 radical (unpaired) electrons. The number of hydrogen-bond acceptors (Lipinski definition) is 4. The number of carbonyl (C=O) groups excluding carboxylic acids is 1. The number of benzene rings is 1. The van der Waals surface area contributed by atoms with Gasteiger partial charge in [0.15, 0.2) is 0 Å². The van der Waals surface area contributed by atoms with Crippen LogP contribution in [0.2, 0.25) is 0 Å². The molecule has 20 heavy (non-hydrogen) atoms. The van der Waals surface area contributed by atoms with E-state index in [9.17, 15) is 4.79 Å². The lowest BCUT2D eigenvalue weighted by Crippen LogP contribution is -2.50. The number of nitrogens with one attached hydrogen (secondary N) is 1. The Morgan fingerprint density at radius 3 is 2.55 bits per heavy atom. The number of methoxy groups -OCH3 is 1. The van der Waals surface area contributed by atoms with E-state index in [1.165, 1.54) is 12.7 Å². The van der Waals surface area contributed by atoms with Crippen LogP contribution in [0, 0.1) is 13.8 Å². The van der Waals surface area contributed by atoms with Gasteiger partial charge in [-0.15, -0.1) is 0 Å². The summed E-state index contributed by atoms with van der Waals surface area (Å²) in [4.78, 5) is 11.8. The predicted octanol–water partition coefficient (Wildman–Crippen LogP) is 2.61. The van der Waals surface area contributed by atoms with Crippen molar-refractivity contribution in [1.29, 1.82) is 0 Å². The van der Waals surface area contributed by atoms with Crippen molar-refractivity contribution >= 4 is 5.97 Å². The number of esters is 1. The molecule has 0 amide bonds. The number of carbonyl (C=O) groups is 1. The first-order valence-electron chi connectivity index (χ1n) is 6.83. The molecule has 1 rings (SSSR count). The number of rotatable bonds is 6. The lowest BCUT2D eigenvalue weighted by Gasteiger charge is -2.29. The molecule has 1 aromatic rings. The zero-order chi connectivity index (χ0) is 15.3. The third kappa shape index (κ3) is 3.97. The smallest absolute Gasteiger partial charge is 0.325 e. The molecule has 0 aliphatic heterocycles. The molecule has 0 heterocycles. The molecule has 4 heteroatoms. The van der Waals surface area contributed by atoms with Gasteiger partial charge in [0, 0.05) is 6.42 Å². The van der Waals surface area contributed by atoms with Gasteiger partial charge in [0.25, 0.3) is 0 Å². The Morgan fingerprint density at radius 1 is 1.40 bits per heavy atom. The quantitative estimate of drug-likeness (QED) is 0.813. The summed E-state index contributed by atoms with van der Waals surface area (Å²) in [7, 11) is 3.15. The van der Waals surface area contributed by atoms with E-state index in [1.807, 2.05) is 32.9 Å². The monoisotopic (exact) mass is 279 g/mol. The number of aryl methyl sites for hydroxylation is 2. The predicted molar refractivity (Wildman–Crippen MR) is 80.1 cm³/mol. The molecule has 0 fully saturated rings. The third-order valence-electron chi connectivity index (χ3n) is 3.54. The molecule has 4 nitrogen and oxygen atoms in total. The van der Waals surface area contributed by atoms with Crippen LogP contribution in [0.5, 0.6) is 5.75 Å². The second kappa shape index (κ2) is 6.75. The van der Waals surface area contributed by atoms with Crippen molar-refractivity contribution in [2.45, 2.75) is 45.8 Å². The van der Waals surface area contributed by atoms with Gasteiger partial charge in [0.1, 0.15) is 11.3 Å². The maximum Gasteiger partial charge on any atom is 0.325 e. The minimum absolute atomic E-state index is 0.104. The van der Waals surface area contributed by atoms with Crippen LogP contribution >= 0.6 is 0 Å². The van der Waals surface area contributed by atoms with E-state index in [4.69, 9.17) is 9.47 Å². The van der Waals surface area contributed by atoms with Crippen LogP contribution < -0.4 is 10.1 Å². The third-order valence-corrected chi connectivity index (χ3v) is 3.54. The Kier molecular flexibility index (Phi) is 5.57. The second-order valence-electron chi connectivity index (χ2n) is 5.48. The minimum atomic E-state index is -0.743. The average molecular weight is 279 g/mol. The SMILES string of the molecule is CNC(C)(CC(C)Oc1ccc(C)cc1C)C(=O)OC. The first-order chi connectivity index (χ1) is 9.32. The summed E-state index contributed by atoms with van der Waals surface area (Å²) in [6.45, 7) is 7.85. The summed E-state index contributed by atoms with van der Waals surface area (Å²) in [5.74, 6) is 0.572. The second-order valence-corrected chi connectivity index (χ2v) is 5.48. The molecule has 0 aromatic heterocycles. The molecule has 0 saturated heterocycles. The molecule has 0 bridgehead atoms. The molecule has 2 atom stereocenters. The normalized spacial score (nSPS) is 15.3. The van der Waals surface area contributed by atoms with E-state index in [0.29, 0.717) is 6.42 Å². The van der Waals surface area contributed by atoms with E-state index in [2.05, 4.69) is 18.3 Å². The van der Waals surface area contributed by atoms with Crippen molar-refractivity contribution in [1.82, 2.24) is 5.32 Å². The molecule has 0 saturated carbocycles. The Bertz CT molecular complexity index is 473. The van der Waals surface area contributed by atoms with E-state index in [1.54, 1.807) is 7.05 Å². The lowest BCUT2D eigenvalue weighted by atomic mass is 9.95. The number of hydrogen-bond donors (Lipinski definition) is 1. The summed E-state index contributed by atoms with van der Waals surface area (Å²) in [5, 5.41) is 3.02. The van der Waals surface area contributed by atoms with Crippen LogP contribution in [-0.2, 0) is 9.53 Å². The fourth-order valence-corrected chi connectivity index (χ4v) is 2.28. The lowest BCUT2D eigenvalue weighted by molar-refractivity contribution is -0.148. The van der Waals surface area contributed by atoms with Crippen LogP contribution in [0.4, 0.5) is 0 Å². The molecule has 0 spiro atoms. The van der Waals surface area contributed by atoms with Gasteiger partial charge in [-0.25, -0.2) is 0 Å². The van der Waals surface area contributed by atoms with Crippen LogP contribution in [0.1, 0.15) is 31.4 Å². The van der Waals surface area contributed by atoms with Crippen molar-refractivity contribution in [3.63, 3.8) is 0 Å². The number of likely N-dealkylation sites (N-methyl/N-ethyl adjacent to an activating group) is 1. The summed E-state index contributed by atoms with van der Waals surface area (Å²) in [6, 6.07) is 6.07. The van der Waals surface area contributed by atoms with Crippen molar-refractivity contribution in [2.24, 2.45) is 0 Å². The molecular formula is C16H25NO3. The topological polar surface area (TPSA) is 47.6 Å². The standard InChI is InChI=1S/C16H25NO3/c1-11-7-8-14(12(2)9-11)20-13(3)10-16(4,17-5)15(18)19-6/h7-9,13,17H,10H2,1-6H3. The maximum atomic E-state index is 11.8. The van der Waals surface area contributed by atoms with Gasteiger partial charge < -0.3 is 14.8 Å². The van der Waals surface area contributed by atoms with Gasteiger partial charge in [0.05, 0.1) is 13.2 Å². The maximum absolute atomic E-state index is 11.8. The molecule has 1 aromatic carbocycles. The zero-order valence-corrected chi connectivity index (χ0v) is 13.2. The van der Waals surface area contributed by atoms with Crippen LogP contribution in [0.3, 0.4) is 0 Å². The largest absolute Gasteiger partial charge is 0.490 e. The highest BCUT2D eigenvalue weighted by Crippen LogP contribution is 2.23. The van der Waals surface area contributed by atoms with Gasteiger partial charge >= 0.3 is 5.97 Å². The fourth-order valence-electron chi connectivity index (χ4n) is 2.28. The summed E-state index contributed by atoms with van der Waals surface area (Å²) in [6.07, 6.45) is 0.427. The van der Waals surface area contributed by atoms with Crippen molar-refractivity contribution in [3.05, 3.63) is 29.3 Å². The Morgan fingerprint density at radius 2 is 2.05 bits per heavy atom. The van der Waals surface area contributed by atoms with Gasteiger partial charge in [0.2, 0.25) is 0 Å². The van der Waals surface area contributed by atoms with Crippen LogP contribution in [-0.4, -0.2) is 31.8 Å². The highest BCUT2D eigenvalue weighted by atomic mass is 16.5. The van der Waals surface area contributed by atoms with Gasteiger partial charge in [-0.1, -0.05) is 17.7 Å². The molecular weight excluding hydrogens is 254 g/mol. The van der Waals surface area contributed by atoms with Gasteiger partial charge in [-0.05, 0) is 46.4 Å². The van der Waals surface area contributed by atoms with E-state index < -0.39 is 5.54 Å². The van der Waals surface area contributed by atoms with Crippen LogP contribution in [0.25, 0.3) is 0 Å². The van der Waals surface area contributed by atoms with E-state index in [0.717, 1.165) is 11.3 Å². The van der Waals surface area contributed by atoms with E-state index in [-0.39, 0.29) is 12.1 Å². The average Bonchev–Trinajstić information content (AvgIpc) is 2.40. The summed E-state index contributed by atoms with van der Waals surface area (Å²) < 4.78 is 10.8. The summed E-state index contributed by atoms with van der Waals surface area (Å²) >= 11 is 0. The number of ether oxygens (including phenoxy) is 2.